The van der Waals surface area contributed by atoms with Crippen molar-refractivity contribution in [3.63, 3.8) is 0 Å². The van der Waals surface area contributed by atoms with Crippen LogP contribution in [0, 0.1) is 0 Å². The molecule has 0 aliphatic rings. The number of pyridine rings is 3. The van der Waals surface area contributed by atoms with Crippen LogP contribution in [-0.2, 0) is 19.6 Å². The summed E-state index contributed by atoms with van der Waals surface area (Å²) in [5.74, 6) is -0.973. The molecule has 0 aromatic carbocycles. The van der Waals surface area contributed by atoms with E-state index in [-0.39, 0.29) is 5.56 Å². The average molecular weight is 334 g/mol. The fraction of sp³-hybridized carbons (Fsp3) is 0.158. The van der Waals surface area contributed by atoms with E-state index in [2.05, 4.69) is 19.9 Å². The van der Waals surface area contributed by atoms with Crippen molar-refractivity contribution in [1.29, 1.82) is 0 Å². The van der Waals surface area contributed by atoms with Crippen molar-refractivity contribution >= 4 is 5.97 Å². The maximum absolute atomic E-state index is 11.4. The summed E-state index contributed by atoms with van der Waals surface area (Å²) in [6.07, 6.45) is 5.11. The van der Waals surface area contributed by atoms with Gasteiger partial charge in [-0.25, -0.2) is 4.79 Å². The molecule has 0 amide bonds. The van der Waals surface area contributed by atoms with Crippen LogP contribution in [0.3, 0.4) is 0 Å². The predicted molar refractivity (Wildman–Crippen MR) is 92.6 cm³/mol. The van der Waals surface area contributed by atoms with Gasteiger partial charge in [0.05, 0.1) is 22.6 Å². The van der Waals surface area contributed by atoms with Crippen LogP contribution in [0.25, 0.3) is 0 Å². The van der Waals surface area contributed by atoms with E-state index >= 15 is 0 Å². The van der Waals surface area contributed by atoms with E-state index in [1.807, 2.05) is 36.4 Å². The van der Waals surface area contributed by atoms with Crippen LogP contribution in [0.1, 0.15) is 27.4 Å². The molecule has 6 heteroatoms. The Morgan fingerprint density at radius 1 is 0.800 bits per heavy atom. The second-order valence-electron chi connectivity index (χ2n) is 5.59. The van der Waals surface area contributed by atoms with E-state index < -0.39 is 5.97 Å². The molecule has 0 aliphatic carbocycles. The summed E-state index contributed by atoms with van der Waals surface area (Å²) >= 11 is 0. The van der Waals surface area contributed by atoms with Gasteiger partial charge in [-0.2, -0.15) is 0 Å². The van der Waals surface area contributed by atoms with Gasteiger partial charge in [-0.05, 0) is 36.4 Å². The zero-order valence-corrected chi connectivity index (χ0v) is 13.6. The van der Waals surface area contributed by atoms with Crippen LogP contribution in [0.5, 0.6) is 0 Å². The zero-order chi connectivity index (χ0) is 17.5. The molecule has 0 saturated carbocycles. The van der Waals surface area contributed by atoms with Gasteiger partial charge < -0.3 is 5.11 Å². The summed E-state index contributed by atoms with van der Waals surface area (Å²) < 4.78 is 0. The first-order valence-corrected chi connectivity index (χ1v) is 7.92. The maximum Gasteiger partial charge on any atom is 0.337 e. The number of carboxylic acid groups (broad SMARTS) is 1. The van der Waals surface area contributed by atoms with Gasteiger partial charge in [-0.1, -0.05) is 12.1 Å². The normalized spacial score (nSPS) is 10.8. The molecule has 0 radical (unpaired) electrons. The topological polar surface area (TPSA) is 79.2 Å². The lowest BCUT2D eigenvalue weighted by Gasteiger charge is -2.22. The minimum atomic E-state index is -0.973. The van der Waals surface area contributed by atoms with Crippen molar-refractivity contribution in [3.05, 3.63) is 89.8 Å². The van der Waals surface area contributed by atoms with Gasteiger partial charge in [-0.15, -0.1) is 0 Å². The van der Waals surface area contributed by atoms with Crippen molar-refractivity contribution in [1.82, 2.24) is 19.9 Å². The number of carboxylic acids is 1. The summed E-state index contributed by atoms with van der Waals surface area (Å²) in [6.45, 7) is 1.55. The Hall–Kier alpha value is -3.12. The molecule has 0 aliphatic heterocycles. The molecular formula is C19H18N4O2. The summed E-state index contributed by atoms with van der Waals surface area (Å²) in [6, 6.07) is 14.7. The third kappa shape index (κ3) is 4.68. The molecule has 0 spiro atoms. The molecule has 6 nitrogen and oxygen atoms in total. The molecular weight excluding hydrogens is 316 g/mol. The van der Waals surface area contributed by atoms with Gasteiger partial charge in [0, 0.05) is 38.2 Å². The lowest BCUT2D eigenvalue weighted by atomic mass is 10.1. The van der Waals surface area contributed by atoms with Gasteiger partial charge in [0.15, 0.2) is 0 Å². The summed E-state index contributed by atoms with van der Waals surface area (Å²) in [7, 11) is 0. The van der Waals surface area contributed by atoms with Crippen molar-refractivity contribution in [3.8, 4) is 0 Å². The summed E-state index contributed by atoms with van der Waals surface area (Å²) in [5.41, 5.74) is 2.56. The lowest BCUT2D eigenvalue weighted by Crippen LogP contribution is -2.25. The van der Waals surface area contributed by atoms with Gasteiger partial charge in [-0.3, -0.25) is 19.9 Å². The van der Waals surface area contributed by atoms with E-state index in [0.29, 0.717) is 25.3 Å². The number of carbonyl (C=O) groups is 1. The van der Waals surface area contributed by atoms with Crippen molar-refractivity contribution in [2.75, 3.05) is 0 Å². The fourth-order valence-electron chi connectivity index (χ4n) is 2.58. The minimum absolute atomic E-state index is 0.217. The highest BCUT2D eigenvalue weighted by Gasteiger charge is 2.16. The molecule has 3 aromatic rings. The number of aromatic carboxylic acids is 1. The number of rotatable bonds is 7. The first-order valence-electron chi connectivity index (χ1n) is 7.92. The number of hydrogen-bond donors (Lipinski definition) is 1. The lowest BCUT2D eigenvalue weighted by molar-refractivity contribution is 0.0693. The van der Waals surface area contributed by atoms with Crippen LogP contribution in [0.4, 0.5) is 0 Å². The van der Waals surface area contributed by atoms with E-state index in [0.717, 1.165) is 11.4 Å². The Kier molecular flexibility index (Phi) is 5.43. The van der Waals surface area contributed by atoms with Gasteiger partial charge in [0.25, 0.3) is 0 Å². The Morgan fingerprint density at radius 3 is 1.92 bits per heavy atom. The second-order valence-corrected chi connectivity index (χ2v) is 5.59. The summed E-state index contributed by atoms with van der Waals surface area (Å²) in [4.78, 5) is 26.5. The largest absolute Gasteiger partial charge is 0.478 e. The van der Waals surface area contributed by atoms with E-state index in [4.69, 9.17) is 0 Å². The fourth-order valence-corrected chi connectivity index (χ4v) is 2.58. The minimum Gasteiger partial charge on any atom is -0.478 e. The third-order valence-corrected chi connectivity index (χ3v) is 3.72. The van der Waals surface area contributed by atoms with Crippen LogP contribution in [0.15, 0.2) is 67.1 Å². The number of nitrogens with zero attached hydrogens (tertiary/aromatic N) is 4. The Morgan fingerprint density at radius 2 is 1.40 bits per heavy atom. The van der Waals surface area contributed by atoms with Gasteiger partial charge in [0.1, 0.15) is 0 Å². The molecule has 3 heterocycles. The van der Waals surface area contributed by atoms with Crippen molar-refractivity contribution in [2.45, 2.75) is 19.6 Å². The smallest absolute Gasteiger partial charge is 0.337 e. The second kappa shape index (κ2) is 8.12. The van der Waals surface area contributed by atoms with Gasteiger partial charge in [0.2, 0.25) is 0 Å². The van der Waals surface area contributed by atoms with Crippen LogP contribution < -0.4 is 0 Å². The van der Waals surface area contributed by atoms with Gasteiger partial charge >= 0.3 is 5.97 Å². The number of hydrogen-bond acceptors (Lipinski definition) is 5. The Labute approximate surface area is 145 Å². The zero-order valence-electron chi connectivity index (χ0n) is 13.6. The number of aromatic nitrogens is 3. The van der Waals surface area contributed by atoms with E-state index in [1.165, 1.54) is 0 Å². The van der Waals surface area contributed by atoms with Crippen LogP contribution >= 0.6 is 0 Å². The van der Waals surface area contributed by atoms with Crippen LogP contribution in [-0.4, -0.2) is 30.9 Å². The molecule has 3 rings (SSSR count). The van der Waals surface area contributed by atoms with E-state index in [1.54, 1.807) is 30.7 Å². The predicted octanol–water partition coefficient (Wildman–Crippen LogP) is 2.77. The van der Waals surface area contributed by atoms with Crippen molar-refractivity contribution in [2.24, 2.45) is 0 Å². The monoisotopic (exact) mass is 334 g/mol. The molecule has 0 bridgehead atoms. The molecule has 0 unspecified atom stereocenters. The summed E-state index contributed by atoms with van der Waals surface area (Å²) in [5, 5.41) is 9.37. The highest BCUT2D eigenvalue weighted by molar-refractivity contribution is 5.88. The molecule has 3 aromatic heterocycles. The molecule has 126 valence electrons. The maximum atomic E-state index is 11.4. The first kappa shape index (κ1) is 16.7. The molecule has 25 heavy (non-hydrogen) atoms. The third-order valence-electron chi connectivity index (χ3n) is 3.72. The average Bonchev–Trinajstić information content (AvgIpc) is 2.63. The Balaban J connectivity index is 1.84. The standard InChI is InChI=1S/C19H18N4O2/c24-19(25)17-8-5-11-22-18(17)14-23(12-15-6-1-3-9-20-15)13-16-7-2-4-10-21-16/h1-11H,12-14H2,(H,24,25). The molecule has 1 N–H and O–H groups in total. The van der Waals surface area contributed by atoms with Crippen LogP contribution in [0.2, 0.25) is 0 Å². The Bertz CT molecular complexity index is 784. The molecule has 0 fully saturated rings. The highest BCUT2D eigenvalue weighted by atomic mass is 16.4. The quantitative estimate of drug-likeness (QED) is 0.716. The molecule has 0 atom stereocenters. The first-order chi connectivity index (χ1) is 12.2. The molecule has 0 saturated heterocycles. The highest BCUT2D eigenvalue weighted by Crippen LogP contribution is 2.14. The SMILES string of the molecule is O=C(O)c1cccnc1CN(Cc1ccccn1)Cc1ccccn1. The van der Waals surface area contributed by atoms with Crippen molar-refractivity contribution < 1.29 is 9.90 Å². The van der Waals surface area contributed by atoms with E-state index in [9.17, 15) is 9.90 Å².